The van der Waals surface area contributed by atoms with Gasteiger partial charge in [0.15, 0.2) is 11.6 Å². The minimum Gasteiger partial charge on any atom is -0.505 e. The molecule has 1 aromatic rings. The summed E-state index contributed by atoms with van der Waals surface area (Å²) >= 11 is 6.15. The van der Waals surface area contributed by atoms with E-state index in [0.717, 1.165) is 26.2 Å². The van der Waals surface area contributed by atoms with Gasteiger partial charge in [0.25, 0.3) is 0 Å². The maximum absolute atomic E-state index is 13.6. The van der Waals surface area contributed by atoms with Crippen LogP contribution < -0.4 is 5.32 Å². The molecule has 2 rings (SSSR count). The van der Waals surface area contributed by atoms with Gasteiger partial charge < -0.3 is 10.4 Å². The molecule has 0 amide bonds. The summed E-state index contributed by atoms with van der Waals surface area (Å²) in [5.41, 5.74) is 0.462. The second kappa shape index (κ2) is 9.49. The summed E-state index contributed by atoms with van der Waals surface area (Å²) in [6.45, 7) is 7.17. The Bertz CT molecular complexity index is 468. The predicted octanol–water partition coefficient (Wildman–Crippen LogP) is 3.55. The molecule has 0 unspecified atom stereocenters. The third-order valence-corrected chi connectivity index (χ3v) is 3.76. The van der Waals surface area contributed by atoms with Crippen LogP contribution in [0.25, 0.3) is 0 Å². The molecule has 0 radical (unpaired) electrons. The lowest BCUT2D eigenvalue weighted by Gasteiger charge is -2.35. The summed E-state index contributed by atoms with van der Waals surface area (Å²) < 4.78 is 13.6. The van der Waals surface area contributed by atoms with Crippen LogP contribution in [0, 0.1) is 5.82 Å². The quantitative estimate of drug-likeness (QED) is 0.809. The van der Waals surface area contributed by atoms with Crippen LogP contribution in [0.2, 0.25) is 5.02 Å². The summed E-state index contributed by atoms with van der Waals surface area (Å²) in [6.07, 6.45) is 2.39. The summed E-state index contributed by atoms with van der Waals surface area (Å²) in [6, 6.07) is 2.54. The Hall–Kier alpha value is -0.520. The third kappa shape index (κ3) is 4.73. The topological polar surface area (TPSA) is 35.5 Å². The van der Waals surface area contributed by atoms with E-state index in [9.17, 15) is 9.50 Å². The van der Waals surface area contributed by atoms with Gasteiger partial charge in [0.2, 0.25) is 0 Å². The van der Waals surface area contributed by atoms with Gasteiger partial charge >= 0.3 is 0 Å². The Labute approximate surface area is 142 Å². The molecule has 7 heteroatoms. The number of nitrogens with zero attached hydrogens (tertiary/aromatic N) is 1. The Morgan fingerprint density at radius 3 is 2.57 bits per heavy atom. The van der Waals surface area contributed by atoms with Crippen LogP contribution >= 0.6 is 36.4 Å². The van der Waals surface area contributed by atoms with E-state index in [1.807, 2.05) is 0 Å². The van der Waals surface area contributed by atoms with Crippen molar-refractivity contribution in [2.75, 3.05) is 26.2 Å². The fourth-order valence-corrected chi connectivity index (χ4v) is 2.75. The molecule has 0 saturated carbocycles. The Morgan fingerprint density at radius 1 is 1.38 bits per heavy atom. The number of nitrogens with one attached hydrogen (secondary N) is 1. The molecule has 1 heterocycles. The number of halogens is 4. The molecule has 21 heavy (non-hydrogen) atoms. The molecule has 1 atom stereocenters. The number of rotatable bonds is 4. The normalized spacial score (nSPS) is 16.5. The maximum atomic E-state index is 13.6. The molecule has 120 valence electrons. The molecule has 0 aromatic heterocycles. The van der Waals surface area contributed by atoms with Gasteiger partial charge in [-0.3, -0.25) is 4.90 Å². The fraction of sp³-hybridized carbons (Fsp3) is 0.429. The number of phenols is 1. The Morgan fingerprint density at radius 2 is 2.00 bits per heavy atom. The van der Waals surface area contributed by atoms with Gasteiger partial charge in [0.05, 0.1) is 0 Å². The molecule has 0 aliphatic carbocycles. The molecular weight excluding hydrogens is 338 g/mol. The third-order valence-electron chi connectivity index (χ3n) is 3.43. The molecule has 3 nitrogen and oxygen atoms in total. The average molecular weight is 358 g/mol. The first-order valence-electron chi connectivity index (χ1n) is 6.37. The highest BCUT2D eigenvalue weighted by molar-refractivity contribution is 6.31. The maximum Gasteiger partial charge on any atom is 0.165 e. The number of phenolic OH excluding ortho intramolecular Hbond substituents is 1. The zero-order valence-corrected chi connectivity index (χ0v) is 13.9. The van der Waals surface area contributed by atoms with E-state index in [2.05, 4.69) is 16.8 Å². The minimum absolute atomic E-state index is 0. The summed E-state index contributed by atoms with van der Waals surface area (Å²) in [5.74, 6) is -0.985. The van der Waals surface area contributed by atoms with Crippen molar-refractivity contribution in [3.05, 3.63) is 41.2 Å². The van der Waals surface area contributed by atoms with Gasteiger partial charge in [0.1, 0.15) is 0 Å². The van der Waals surface area contributed by atoms with Crippen LogP contribution in [0.4, 0.5) is 4.39 Å². The van der Waals surface area contributed by atoms with Gasteiger partial charge in [-0.2, -0.15) is 0 Å². The second-order valence-electron chi connectivity index (χ2n) is 4.62. The zero-order chi connectivity index (χ0) is 13.8. The minimum atomic E-state index is -0.636. The van der Waals surface area contributed by atoms with Crippen LogP contribution in [0.15, 0.2) is 24.8 Å². The molecule has 1 aromatic carbocycles. The highest BCUT2D eigenvalue weighted by Gasteiger charge is 2.26. The number of aromatic hydroxyl groups is 1. The monoisotopic (exact) mass is 356 g/mol. The van der Waals surface area contributed by atoms with E-state index in [-0.39, 0.29) is 36.6 Å². The fourth-order valence-electron chi connectivity index (χ4n) is 2.47. The van der Waals surface area contributed by atoms with Gasteiger partial charge in [-0.05, 0) is 18.6 Å². The summed E-state index contributed by atoms with van der Waals surface area (Å²) in [5, 5.41) is 13.6. The zero-order valence-electron chi connectivity index (χ0n) is 11.5. The van der Waals surface area contributed by atoms with Gasteiger partial charge in [-0.1, -0.05) is 17.7 Å². The van der Waals surface area contributed by atoms with Crippen molar-refractivity contribution in [1.82, 2.24) is 10.2 Å². The van der Waals surface area contributed by atoms with E-state index in [4.69, 9.17) is 11.6 Å². The van der Waals surface area contributed by atoms with E-state index in [1.165, 1.54) is 12.1 Å². The lowest BCUT2D eigenvalue weighted by atomic mass is 9.99. The second-order valence-corrected chi connectivity index (χ2v) is 5.02. The van der Waals surface area contributed by atoms with Crippen molar-refractivity contribution in [2.45, 2.75) is 12.5 Å². The van der Waals surface area contributed by atoms with Crippen molar-refractivity contribution < 1.29 is 9.50 Å². The molecule has 0 bridgehead atoms. The highest BCUT2D eigenvalue weighted by atomic mass is 35.5. The summed E-state index contributed by atoms with van der Waals surface area (Å²) in [7, 11) is 0. The van der Waals surface area contributed by atoms with Crippen molar-refractivity contribution >= 4 is 36.4 Å². The molecular formula is C14H20Cl3FN2O. The van der Waals surface area contributed by atoms with Crippen molar-refractivity contribution in [3.63, 3.8) is 0 Å². The van der Waals surface area contributed by atoms with Crippen LogP contribution in [-0.4, -0.2) is 36.2 Å². The van der Waals surface area contributed by atoms with Crippen molar-refractivity contribution in [2.24, 2.45) is 0 Å². The standard InChI is InChI=1S/C14H18ClFN2O.2ClH/c1-2-3-12(18-8-6-17-7-9-18)13-10(15)4-5-11(16)14(13)19;;/h2,4-5,12,17,19H,1,3,6-9H2;2*1H/t12-;;/m0../s1. The van der Waals surface area contributed by atoms with Crippen LogP contribution in [0.5, 0.6) is 5.75 Å². The number of piperazine rings is 1. The lowest BCUT2D eigenvalue weighted by molar-refractivity contribution is 0.171. The molecule has 0 spiro atoms. The first kappa shape index (κ1) is 20.5. The lowest BCUT2D eigenvalue weighted by Crippen LogP contribution is -2.45. The van der Waals surface area contributed by atoms with Gasteiger partial charge in [-0.25, -0.2) is 4.39 Å². The highest BCUT2D eigenvalue weighted by Crippen LogP contribution is 2.38. The van der Waals surface area contributed by atoms with Crippen molar-refractivity contribution in [3.8, 4) is 5.75 Å². The smallest absolute Gasteiger partial charge is 0.165 e. The van der Waals surface area contributed by atoms with Crippen LogP contribution in [0.1, 0.15) is 18.0 Å². The number of hydrogen-bond acceptors (Lipinski definition) is 3. The largest absolute Gasteiger partial charge is 0.505 e. The van der Waals surface area contributed by atoms with Gasteiger partial charge in [-0.15, -0.1) is 31.4 Å². The Kier molecular flexibility index (Phi) is 9.25. The molecule has 1 saturated heterocycles. The van der Waals surface area contributed by atoms with Crippen LogP contribution in [0.3, 0.4) is 0 Å². The average Bonchev–Trinajstić information content (AvgIpc) is 2.43. The van der Waals surface area contributed by atoms with Gasteiger partial charge in [0, 0.05) is 42.8 Å². The number of hydrogen-bond donors (Lipinski definition) is 2. The van der Waals surface area contributed by atoms with E-state index < -0.39 is 5.82 Å². The Balaban J connectivity index is 0.00000200. The van der Waals surface area contributed by atoms with E-state index >= 15 is 0 Å². The first-order chi connectivity index (χ1) is 9.15. The molecule has 2 N–H and O–H groups in total. The van der Waals surface area contributed by atoms with E-state index in [0.29, 0.717) is 17.0 Å². The molecule has 1 aliphatic rings. The van der Waals surface area contributed by atoms with Crippen molar-refractivity contribution in [1.29, 1.82) is 0 Å². The number of benzene rings is 1. The molecule has 1 fully saturated rings. The molecule has 1 aliphatic heterocycles. The van der Waals surface area contributed by atoms with Crippen LogP contribution in [-0.2, 0) is 0 Å². The SMILES string of the molecule is C=CC[C@@H](c1c(Cl)ccc(F)c1O)N1CCNCC1.Cl.Cl. The first-order valence-corrected chi connectivity index (χ1v) is 6.75. The predicted molar refractivity (Wildman–Crippen MR) is 89.6 cm³/mol. The van der Waals surface area contributed by atoms with E-state index in [1.54, 1.807) is 6.08 Å². The summed E-state index contributed by atoms with van der Waals surface area (Å²) in [4.78, 5) is 2.19.